The van der Waals surface area contributed by atoms with Crippen LogP contribution in [-0.4, -0.2) is 30.4 Å². The fourth-order valence-electron chi connectivity index (χ4n) is 3.67. The number of anilines is 1. The highest BCUT2D eigenvalue weighted by Crippen LogP contribution is 2.21. The van der Waals surface area contributed by atoms with Gasteiger partial charge in [-0.3, -0.25) is 4.79 Å². The van der Waals surface area contributed by atoms with Crippen LogP contribution in [0.1, 0.15) is 25.3 Å². The maximum Gasteiger partial charge on any atom is 0.227 e. The van der Waals surface area contributed by atoms with E-state index in [1.807, 2.05) is 30.3 Å². The maximum absolute atomic E-state index is 12.4. The van der Waals surface area contributed by atoms with Gasteiger partial charge in [-0.25, -0.2) is 0 Å². The molecule has 1 atom stereocenters. The number of carbonyl (C=O) groups is 1. The van der Waals surface area contributed by atoms with Gasteiger partial charge in [-0.05, 0) is 56.0 Å². The van der Waals surface area contributed by atoms with Crippen molar-refractivity contribution in [3.8, 4) is 0 Å². The van der Waals surface area contributed by atoms with Crippen molar-refractivity contribution in [1.82, 2.24) is 4.90 Å². The van der Waals surface area contributed by atoms with Crippen LogP contribution in [0.4, 0.5) is 5.69 Å². The van der Waals surface area contributed by atoms with Crippen molar-refractivity contribution in [2.45, 2.75) is 26.2 Å². The number of rotatable bonds is 6. The van der Waals surface area contributed by atoms with E-state index in [1.165, 1.54) is 5.56 Å². The minimum absolute atomic E-state index is 0.140. The minimum Gasteiger partial charge on any atom is -0.326 e. The first-order valence-corrected chi connectivity index (χ1v) is 9.33. The predicted octanol–water partition coefficient (Wildman–Crippen LogP) is 4.22. The molecular formula is C22H28N2O. The van der Waals surface area contributed by atoms with Crippen molar-refractivity contribution in [2.24, 2.45) is 11.8 Å². The Kier molecular flexibility index (Phi) is 6.24. The highest BCUT2D eigenvalue weighted by Gasteiger charge is 2.25. The van der Waals surface area contributed by atoms with Crippen LogP contribution in [0.5, 0.6) is 0 Å². The lowest BCUT2D eigenvalue weighted by molar-refractivity contribution is -0.121. The monoisotopic (exact) mass is 336 g/mol. The lowest BCUT2D eigenvalue weighted by atomic mass is 9.94. The van der Waals surface area contributed by atoms with Crippen molar-refractivity contribution in [3.63, 3.8) is 0 Å². The number of carbonyl (C=O) groups excluding carboxylic acids is 1. The van der Waals surface area contributed by atoms with Crippen molar-refractivity contribution in [3.05, 3.63) is 66.2 Å². The van der Waals surface area contributed by atoms with Crippen molar-refractivity contribution in [1.29, 1.82) is 0 Å². The van der Waals surface area contributed by atoms with Crippen LogP contribution >= 0.6 is 0 Å². The lowest BCUT2D eigenvalue weighted by Crippen LogP contribution is -2.40. The zero-order valence-electron chi connectivity index (χ0n) is 15.0. The molecule has 1 heterocycles. The Bertz CT molecular complexity index is 648. The highest BCUT2D eigenvalue weighted by molar-refractivity contribution is 5.92. The van der Waals surface area contributed by atoms with E-state index in [2.05, 4.69) is 47.5 Å². The molecule has 1 N–H and O–H groups in total. The molecule has 0 unspecified atom stereocenters. The SMILES string of the molecule is C[C@H](Cc1ccccc1)CN1CCC(C(=O)Nc2ccccc2)CC1. The van der Waals surface area contributed by atoms with Gasteiger partial charge in [0, 0.05) is 18.2 Å². The molecule has 1 aliphatic rings. The van der Waals surface area contributed by atoms with Crippen LogP contribution in [-0.2, 0) is 11.2 Å². The number of hydrogen-bond acceptors (Lipinski definition) is 2. The molecule has 0 aromatic heterocycles. The van der Waals surface area contributed by atoms with Gasteiger partial charge in [-0.15, -0.1) is 0 Å². The molecule has 132 valence electrons. The van der Waals surface area contributed by atoms with E-state index in [4.69, 9.17) is 0 Å². The molecular weight excluding hydrogens is 308 g/mol. The molecule has 0 aliphatic carbocycles. The largest absolute Gasteiger partial charge is 0.326 e. The van der Waals surface area contributed by atoms with Gasteiger partial charge in [-0.2, -0.15) is 0 Å². The van der Waals surface area contributed by atoms with Gasteiger partial charge in [0.25, 0.3) is 0 Å². The first kappa shape index (κ1) is 17.7. The summed E-state index contributed by atoms with van der Waals surface area (Å²) in [6, 6.07) is 20.4. The number of nitrogens with one attached hydrogen (secondary N) is 1. The summed E-state index contributed by atoms with van der Waals surface area (Å²) in [5.41, 5.74) is 2.30. The van der Waals surface area contributed by atoms with E-state index in [-0.39, 0.29) is 11.8 Å². The maximum atomic E-state index is 12.4. The third-order valence-corrected chi connectivity index (χ3v) is 5.00. The molecule has 1 saturated heterocycles. The van der Waals surface area contributed by atoms with Gasteiger partial charge in [-0.1, -0.05) is 55.5 Å². The van der Waals surface area contributed by atoms with Gasteiger partial charge in [0.15, 0.2) is 0 Å². The molecule has 3 rings (SSSR count). The predicted molar refractivity (Wildman–Crippen MR) is 104 cm³/mol. The van der Waals surface area contributed by atoms with Gasteiger partial charge in [0.2, 0.25) is 5.91 Å². The number of para-hydroxylation sites is 1. The smallest absolute Gasteiger partial charge is 0.227 e. The molecule has 0 bridgehead atoms. The average Bonchev–Trinajstić information content (AvgIpc) is 2.64. The number of piperidine rings is 1. The number of nitrogens with zero attached hydrogens (tertiary/aromatic N) is 1. The molecule has 0 radical (unpaired) electrons. The third-order valence-electron chi connectivity index (χ3n) is 5.00. The Morgan fingerprint density at radius 1 is 1.04 bits per heavy atom. The molecule has 2 aromatic rings. The van der Waals surface area contributed by atoms with Crippen LogP contribution < -0.4 is 5.32 Å². The Balaban J connectivity index is 1.41. The quantitative estimate of drug-likeness (QED) is 0.857. The summed E-state index contributed by atoms with van der Waals surface area (Å²) >= 11 is 0. The molecule has 0 spiro atoms. The molecule has 3 nitrogen and oxygen atoms in total. The summed E-state index contributed by atoms with van der Waals surface area (Å²) < 4.78 is 0. The Hall–Kier alpha value is -2.13. The third kappa shape index (κ3) is 5.43. The molecule has 1 fully saturated rings. The Morgan fingerprint density at radius 3 is 2.28 bits per heavy atom. The van der Waals surface area contributed by atoms with Gasteiger partial charge in [0.1, 0.15) is 0 Å². The molecule has 3 heteroatoms. The second kappa shape index (κ2) is 8.82. The van der Waals surface area contributed by atoms with E-state index < -0.39 is 0 Å². The highest BCUT2D eigenvalue weighted by atomic mass is 16.1. The van der Waals surface area contributed by atoms with Crippen molar-refractivity contribution in [2.75, 3.05) is 25.0 Å². The van der Waals surface area contributed by atoms with E-state index in [0.29, 0.717) is 5.92 Å². The second-order valence-corrected chi connectivity index (χ2v) is 7.23. The standard InChI is InChI=1S/C22H28N2O/c1-18(16-19-8-4-2-5-9-19)17-24-14-12-20(13-15-24)22(25)23-21-10-6-3-7-11-21/h2-11,18,20H,12-17H2,1H3,(H,23,25)/t18-/m1/s1. The number of benzene rings is 2. The van der Waals surface area contributed by atoms with E-state index in [9.17, 15) is 4.79 Å². The van der Waals surface area contributed by atoms with Crippen LogP contribution in [0.3, 0.4) is 0 Å². The number of likely N-dealkylation sites (tertiary alicyclic amines) is 1. The summed E-state index contributed by atoms with van der Waals surface area (Å²) in [5.74, 6) is 0.946. The van der Waals surface area contributed by atoms with E-state index >= 15 is 0 Å². The zero-order chi connectivity index (χ0) is 17.5. The average molecular weight is 336 g/mol. The van der Waals surface area contributed by atoms with Crippen LogP contribution in [0, 0.1) is 11.8 Å². The fraction of sp³-hybridized carbons (Fsp3) is 0.409. The van der Waals surface area contributed by atoms with E-state index in [1.54, 1.807) is 0 Å². The second-order valence-electron chi connectivity index (χ2n) is 7.23. The summed E-state index contributed by atoms with van der Waals surface area (Å²) in [6.45, 7) is 5.47. The van der Waals surface area contributed by atoms with Crippen molar-refractivity contribution >= 4 is 11.6 Å². The first-order valence-electron chi connectivity index (χ1n) is 9.33. The minimum atomic E-state index is 0.140. The number of amides is 1. The summed E-state index contributed by atoms with van der Waals surface area (Å²) in [5, 5.41) is 3.04. The molecule has 0 saturated carbocycles. The van der Waals surface area contributed by atoms with Crippen LogP contribution in [0.25, 0.3) is 0 Å². The Labute approximate surface area is 151 Å². The summed E-state index contributed by atoms with van der Waals surface area (Å²) in [6.07, 6.45) is 3.03. The van der Waals surface area contributed by atoms with Gasteiger partial charge in [0.05, 0.1) is 0 Å². The number of hydrogen-bond donors (Lipinski definition) is 1. The van der Waals surface area contributed by atoms with Crippen LogP contribution in [0.15, 0.2) is 60.7 Å². The topological polar surface area (TPSA) is 32.3 Å². The molecule has 1 amide bonds. The molecule has 25 heavy (non-hydrogen) atoms. The zero-order valence-corrected chi connectivity index (χ0v) is 15.0. The van der Waals surface area contributed by atoms with E-state index in [0.717, 1.165) is 44.6 Å². The molecule has 2 aromatic carbocycles. The summed E-state index contributed by atoms with van der Waals surface area (Å²) in [7, 11) is 0. The van der Waals surface area contributed by atoms with Crippen molar-refractivity contribution < 1.29 is 4.79 Å². The summed E-state index contributed by atoms with van der Waals surface area (Å²) in [4.78, 5) is 14.9. The first-order chi connectivity index (χ1) is 12.2. The fourth-order valence-corrected chi connectivity index (χ4v) is 3.67. The molecule has 1 aliphatic heterocycles. The Morgan fingerprint density at radius 2 is 1.64 bits per heavy atom. The van der Waals surface area contributed by atoms with Gasteiger partial charge < -0.3 is 10.2 Å². The normalized spacial score (nSPS) is 17.2. The van der Waals surface area contributed by atoms with Gasteiger partial charge >= 0.3 is 0 Å². The van der Waals surface area contributed by atoms with Crippen LogP contribution in [0.2, 0.25) is 0 Å². The lowest BCUT2D eigenvalue weighted by Gasteiger charge is -2.33.